The van der Waals surface area contributed by atoms with Crippen LogP contribution in [-0.4, -0.2) is 11.7 Å². The zero-order valence-electron chi connectivity index (χ0n) is 7.82. The Morgan fingerprint density at radius 1 is 1.31 bits per heavy atom. The molecule has 0 aliphatic heterocycles. The number of rotatable bonds is 5. The van der Waals surface area contributed by atoms with Gasteiger partial charge in [-0.2, -0.15) is 0 Å². The molecule has 0 heterocycles. The molecule has 1 heteroatoms. The van der Waals surface area contributed by atoms with Crippen LogP contribution < -0.4 is 0 Å². The monoisotopic (exact) mass is 176 g/mol. The number of hydrogen-bond donors (Lipinski definition) is 1. The van der Waals surface area contributed by atoms with Crippen LogP contribution in [0.5, 0.6) is 0 Å². The number of hydrogen-bond acceptors (Lipinski definition) is 1. The van der Waals surface area contributed by atoms with Crippen LogP contribution in [-0.2, 0) is 0 Å². The first-order chi connectivity index (χ1) is 6.38. The van der Waals surface area contributed by atoms with Crippen molar-refractivity contribution in [3.05, 3.63) is 48.6 Å². The van der Waals surface area contributed by atoms with E-state index < -0.39 is 0 Å². The highest BCUT2D eigenvalue weighted by Gasteiger charge is 2.07. The zero-order valence-corrected chi connectivity index (χ0v) is 7.82. The van der Waals surface area contributed by atoms with E-state index in [0.717, 1.165) is 12.8 Å². The molecule has 1 N–H and O–H groups in total. The molecular formula is C12H16O. The second-order valence-electron chi connectivity index (χ2n) is 3.14. The minimum absolute atomic E-state index is 0.243. The first kappa shape index (κ1) is 10.0. The molecule has 0 saturated heterocycles. The molecule has 1 nitrogen and oxygen atoms in total. The number of benzene rings is 1. The van der Waals surface area contributed by atoms with E-state index in [9.17, 15) is 0 Å². The maximum absolute atomic E-state index is 8.89. The van der Waals surface area contributed by atoms with Crippen LogP contribution in [0.3, 0.4) is 0 Å². The fourth-order valence-corrected chi connectivity index (χ4v) is 1.50. The van der Waals surface area contributed by atoms with Gasteiger partial charge in [-0.25, -0.2) is 0 Å². The van der Waals surface area contributed by atoms with Crippen LogP contribution in [0.25, 0.3) is 0 Å². The predicted molar refractivity (Wildman–Crippen MR) is 55.7 cm³/mol. The van der Waals surface area contributed by atoms with Gasteiger partial charge in [0.25, 0.3) is 0 Å². The molecule has 13 heavy (non-hydrogen) atoms. The van der Waals surface area contributed by atoms with Crippen molar-refractivity contribution in [2.75, 3.05) is 6.61 Å². The molecule has 0 aliphatic rings. The molecule has 70 valence electrons. The standard InChI is InChI=1S/C12H16O/c1-2-6-11(9-10-13)12-7-4-3-5-8-12/h2-5,7-8,11,13H,1,6,9-10H2/t11-/m0/s1. The molecule has 0 fully saturated rings. The van der Waals surface area contributed by atoms with Gasteiger partial charge in [-0.05, 0) is 24.3 Å². The first-order valence-electron chi connectivity index (χ1n) is 4.65. The molecule has 0 unspecified atom stereocenters. The van der Waals surface area contributed by atoms with Gasteiger partial charge >= 0.3 is 0 Å². The third-order valence-electron chi connectivity index (χ3n) is 2.20. The molecule has 0 radical (unpaired) electrons. The Morgan fingerprint density at radius 2 is 2.00 bits per heavy atom. The van der Waals surface area contributed by atoms with Gasteiger partial charge in [0.05, 0.1) is 0 Å². The van der Waals surface area contributed by atoms with Crippen molar-refractivity contribution in [2.45, 2.75) is 18.8 Å². The van der Waals surface area contributed by atoms with Crippen molar-refractivity contribution < 1.29 is 5.11 Å². The van der Waals surface area contributed by atoms with Gasteiger partial charge in [0.15, 0.2) is 0 Å². The van der Waals surface area contributed by atoms with E-state index in [-0.39, 0.29) is 6.61 Å². The Balaban J connectivity index is 2.69. The van der Waals surface area contributed by atoms with Gasteiger partial charge in [-0.1, -0.05) is 36.4 Å². The molecule has 0 amide bonds. The van der Waals surface area contributed by atoms with Gasteiger partial charge in [-0.15, -0.1) is 6.58 Å². The van der Waals surface area contributed by atoms with E-state index in [1.54, 1.807) is 0 Å². The molecule has 1 atom stereocenters. The van der Waals surface area contributed by atoms with Crippen LogP contribution in [0.2, 0.25) is 0 Å². The third kappa shape index (κ3) is 3.03. The smallest absolute Gasteiger partial charge is 0.0436 e. The Labute approximate surface area is 79.7 Å². The summed E-state index contributed by atoms with van der Waals surface area (Å²) in [5, 5.41) is 8.89. The van der Waals surface area contributed by atoms with E-state index in [0.29, 0.717) is 5.92 Å². The second-order valence-corrected chi connectivity index (χ2v) is 3.14. The minimum atomic E-state index is 0.243. The summed E-state index contributed by atoms with van der Waals surface area (Å²) in [6, 6.07) is 10.3. The second kappa shape index (κ2) is 5.55. The fraction of sp³-hybridized carbons (Fsp3) is 0.333. The van der Waals surface area contributed by atoms with Crippen LogP contribution in [0.1, 0.15) is 24.3 Å². The molecule has 0 aliphatic carbocycles. The lowest BCUT2D eigenvalue weighted by Crippen LogP contribution is -2.00. The minimum Gasteiger partial charge on any atom is -0.396 e. The molecule has 0 aromatic heterocycles. The molecular weight excluding hydrogens is 160 g/mol. The Kier molecular flexibility index (Phi) is 4.27. The first-order valence-corrected chi connectivity index (χ1v) is 4.65. The lowest BCUT2D eigenvalue weighted by atomic mass is 9.93. The molecule has 0 spiro atoms. The molecule has 1 aromatic rings. The summed E-state index contributed by atoms with van der Waals surface area (Å²) in [6.07, 6.45) is 3.66. The van der Waals surface area contributed by atoms with Crippen molar-refractivity contribution in [2.24, 2.45) is 0 Å². The van der Waals surface area contributed by atoms with Crippen molar-refractivity contribution in [3.8, 4) is 0 Å². The zero-order chi connectivity index (χ0) is 9.52. The van der Waals surface area contributed by atoms with Gasteiger partial charge in [0.2, 0.25) is 0 Å². The van der Waals surface area contributed by atoms with Crippen molar-refractivity contribution in [1.29, 1.82) is 0 Å². The van der Waals surface area contributed by atoms with Crippen LogP contribution in [0.15, 0.2) is 43.0 Å². The Hall–Kier alpha value is -1.08. The Morgan fingerprint density at radius 3 is 2.54 bits per heavy atom. The van der Waals surface area contributed by atoms with Gasteiger partial charge < -0.3 is 5.11 Å². The van der Waals surface area contributed by atoms with E-state index >= 15 is 0 Å². The quantitative estimate of drug-likeness (QED) is 0.684. The summed E-state index contributed by atoms with van der Waals surface area (Å²) in [7, 11) is 0. The highest BCUT2D eigenvalue weighted by atomic mass is 16.3. The normalized spacial score (nSPS) is 12.4. The lowest BCUT2D eigenvalue weighted by Gasteiger charge is -2.13. The Bertz CT molecular complexity index is 241. The number of aliphatic hydroxyl groups is 1. The van der Waals surface area contributed by atoms with Crippen LogP contribution in [0, 0.1) is 0 Å². The summed E-state index contributed by atoms with van der Waals surface area (Å²) in [5.74, 6) is 0.420. The number of aliphatic hydroxyl groups excluding tert-OH is 1. The summed E-state index contributed by atoms with van der Waals surface area (Å²) in [4.78, 5) is 0. The highest BCUT2D eigenvalue weighted by Crippen LogP contribution is 2.22. The number of allylic oxidation sites excluding steroid dienone is 1. The molecule has 0 bridgehead atoms. The largest absolute Gasteiger partial charge is 0.396 e. The van der Waals surface area contributed by atoms with E-state index in [1.165, 1.54) is 5.56 Å². The average molecular weight is 176 g/mol. The summed E-state index contributed by atoms with van der Waals surface area (Å²) in [6.45, 7) is 3.97. The van der Waals surface area contributed by atoms with Gasteiger partial charge in [0.1, 0.15) is 0 Å². The SMILES string of the molecule is C=CC[C@@H](CCO)c1ccccc1. The van der Waals surface area contributed by atoms with E-state index in [2.05, 4.69) is 18.7 Å². The maximum Gasteiger partial charge on any atom is 0.0436 e. The summed E-state index contributed by atoms with van der Waals surface area (Å²) < 4.78 is 0. The summed E-state index contributed by atoms with van der Waals surface area (Å²) in [5.41, 5.74) is 1.29. The third-order valence-corrected chi connectivity index (χ3v) is 2.20. The van der Waals surface area contributed by atoms with Gasteiger partial charge in [-0.3, -0.25) is 0 Å². The van der Waals surface area contributed by atoms with E-state index in [4.69, 9.17) is 5.11 Å². The molecule has 0 saturated carbocycles. The predicted octanol–water partition coefficient (Wildman–Crippen LogP) is 2.73. The van der Waals surface area contributed by atoms with Crippen LogP contribution in [0.4, 0.5) is 0 Å². The van der Waals surface area contributed by atoms with Crippen LogP contribution >= 0.6 is 0 Å². The van der Waals surface area contributed by atoms with Crippen molar-refractivity contribution in [3.63, 3.8) is 0 Å². The van der Waals surface area contributed by atoms with E-state index in [1.807, 2.05) is 24.3 Å². The fourth-order valence-electron chi connectivity index (χ4n) is 1.50. The highest BCUT2D eigenvalue weighted by molar-refractivity contribution is 5.20. The summed E-state index contributed by atoms with van der Waals surface area (Å²) >= 11 is 0. The molecule has 1 aromatic carbocycles. The topological polar surface area (TPSA) is 20.2 Å². The van der Waals surface area contributed by atoms with Gasteiger partial charge in [0, 0.05) is 6.61 Å². The van der Waals surface area contributed by atoms with Crippen molar-refractivity contribution in [1.82, 2.24) is 0 Å². The molecule has 1 rings (SSSR count). The maximum atomic E-state index is 8.89. The lowest BCUT2D eigenvalue weighted by molar-refractivity contribution is 0.275. The van der Waals surface area contributed by atoms with Crippen molar-refractivity contribution >= 4 is 0 Å². The average Bonchev–Trinajstić information content (AvgIpc) is 2.19.